The normalized spacial score (nSPS) is 13.2. The van der Waals surface area contributed by atoms with Crippen LogP contribution in [0.1, 0.15) is 48.0 Å². The first-order chi connectivity index (χ1) is 8.15. The lowest BCUT2D eigenvalue weighted by molar-refractivity contribution is -0.131. The smallest absolute Gasteiger partial charge is 0.327 e. The molecule has 0 heterocycles. The van der Waals surface area contributed by atoms with E-state index in [0.717, 1.165) is 0 Å². The number of carbonyl (C=O) groups is 1. The highest BCUT2D eigenvalue weighted by atomic mass is 31.2. The molecule has 0 spiro atoms. The lowest BCUT2D eigenvalue weighted by Gasteiger charge is -2.34. The molecule has 0 aliphatic rings. The maximum atomic E-state index is 10.5. The van der Waals surface area contributed by atoms with Crippen LogP contribution in [0.3, 0.4) is 0 Å². The largest absolute Gasteiger partial charge is 0.478 e. The summed E-state index contributed by atoms with van der Waals surface area (Å²) in [7, 11) is -1.06. The average molecular weight is 276 g/mol. The third-order valence-electron chi connectivity index (χ3n) is 1.99. The minimum atomic E-state index is -1.06. The molecule has 1 N–H and O–H groups in total. The van der Waals surface area contributed by atoms with Gasteiger partial charge in [0.2, 0.25) is 0 Å². The molecule has 0 unspecified atom stereocenters. The third-order valence-corrected chi connectivity index (χ3v) is 4.38. The van der Waals surface area contributed by atoms with E-state index < -0.39 is 14.3 Å². The molecule has 0 aliphatic carbocycles. The predicted octanol–water partition coefficient (Wildman–Crippen LogP) is 3.96. The molecule has 0 amide bonds. The fourth-order valence-corrected chi connectivity index (χ4v) is 2.86. The molecule has 0 aromatic carbocycles. The highest BCUT2D eigenvalue weighted by Gasteiger charge is 2.33. The second-order valence-electron chi connectivity index (χ2n) is 5.32. The van der Waals surface area contributed by atoms with Crippen molar-refractivity contribution in [2.45, 2.75) is 65.3 Å². The van der Waals surface area contributed by atoms with Gasteiger partial charge >= 0.3 is 5.97 Å². The Balaban J connectivity index is 4.66. The van der Waals surface area contributed by atoms with Gasteiger partial charge in [0.1, 0.15) is 0 Å². The summed E-state index contributed by atoms with van der Waals surface area (Å²) in [4.78, 5) is 10.5. The van der Waals surface area contributed by atoms with E-state index >= 15 is 0 Å². The summed E-state index contributed by atoms with van der Waals surface area (Å²) >= 11 is 0. The monoisotopic (exact) mass is 276 g/mol. The first-order valence-corrected chi connectivity index (χ1v) is 7.36. The van der Waals surface area contributed by atoms with E-state index in [9.17, 15) is 4.79 Å². The summed E-state index contributed by atoms with van der Waals surface area (Å²) < 4.78 is 11.7. The van der Waals surface area contributed by atoms with Crippen LogP contribution in [-0.2, 0) is 13.8 Å². The molecule has 106 valence electrons. The molecule has 0 bridgehead atoms. The van der Waals surface area contributed by atoms with Crippen molar-refractivity contribution in [3.05, 3.63) is 12.2 Å². The van der Waals surface area contributed by atoms with E-state index in [1.54, 1.807) is 6.08 Å². The van der Waals surface area contributed by atoms with E-state index in [4.69, 9.17) is 14.2 Å². The predicted molar refractivity (Wildman–Crippen MR) is 74.8 cm³/mol. The molecular weight excluding hydrogens is 251 g/mol. The number of carboxylic acids is 1. The molecule has 0 fully saturated rings. The Hall–Kier alpha value is -0.440. The van der Waals surface area contributed by atoms with Crippen molar-refractivity contribution in [3.63, 3.8) is 0 Å². The summed E-state index contributed by atoms with van der Waals surface area (Å²) in [5.74, 6) is -0.926. The van der Waals surface area contributed by atoms with Gasteiger partial charge in [-0.1, -0.05) is 19.9 Å². The Morgan fingerprint density at radius 2 is 1.67 bits per heavy atom. The quantitative estimate of drug-likeness (QED) is 0.538. The van der Waals surface area contributed by atoms with Crippen LogP contribution in [0.4, 0.5) is 0 Å². The number of hydrogen-bond donors (Lipinski definition) is 1. The number of allylic oxidation sites excluding steroid dienone is 1. The van der Waals surface area contributed by atoms with Crippen molar-refractivity contribution in [1.29, 1.82) is 0 Å². The van der Waals surface area contributed by atoms with Crippen molar-refractivity contribution in [1.82, 2.24) is 0 Å². The Bertz CT molecular complexity index is 275. The van der Waals surface area contributed by atoms with Gasteiger partial charge < -0.3 is 14.2 Å². The first kappa shape index (κ1) is 17.6. The third kappa shape index (κ3) is 7.80. The lowest BCUT2D eigenvalue weighted by atomic mass is 10.1. The second kappa shape index (κ2) is 7.88. The fraction of sp³-hybridized carbons (Fsp3) is 0.769. The molecule has 0 aromatic heterocycles. The molecule has 4 nitrogen and oxygen atoms in total. The summed E-state index contributed by atoms with van der Waals surface area (Å²) in [6.07, 6.45) is 3.63. The number of rotatable bonds is 8. The van der Waals surface area contributed by atoms with Crippen LogP contribution >= 0.6 is 8.38 Å². The van der Waals surface area contributed by atoms with Crippen LogP contribution in [-0.4, -0.2) is 28.4 Å². The van der Waals surface area contributed by atoms with Crippen LogP contribution in [0.15, 0.2) is 12.2 Å². The van der Waals surface area contributed by atoms with Crippen LogP contribution in [0.5, 0.6) is 0 Å². The molecule has 0 radical (unpaired) electrons. The Morgan fingerprint density at radius 1 is 1.22 bits per heavy atom. The van der Waals surface area contributed by atoms with Crippen molar-refractivity contribution in [2.24, 2.45) is 0 Å². The molecular formula is C13H25O4P. The van der Waals surface area contributed by atoms with Crippen molar-refractivity contribution < 1.29 is 18.9 Å². The molecule has 0 aliphatic heterocycles. The van der Waals surface area contributed by atoms with Gasteiger partial charge in [-0.25, -0.2) is 4.79 Å². The van der Waals surface area contributed by atoms with Gasteiger partial charge in [0, 0.05) is 11.2 Å². The lowest BCUT2D eigenvalue weighted by Crippen LogP contribution is -2.22. The van der Waals surface area contributed by atoms with E-state index in [0.29, 0.717) is 6.42 Å². The van der Waals surface area contributed by atoms with Gasteiger partial charge in [-0.15, -0.1) is 0 Å². The van der Waals surface area contributed by atoms with Crippen LogP contribution in [0.2, 0.25) is 0 Å². The molecule has 18 heavy (non-hydrogen) atoms. The minimum Gasteiger partial charge on any atom is -0.478 e. The first-order valence-electron chi connectivity index (χ1n) is 6.18. The average Bonchev–Trinajstić information content (AvgIpc) is 2.13. The van der Waals surface area contributed by atoms with Crippen LogP contribution in [0, 0.1) is 0 Å². The van der Waals surface area contributed by atoms with Gasteiger partial charge in [-0.3, -0.25) is 0 Å². The Kier molecular flexibility index (Phi) is 7.69. The summed E-state index contributed by atoms with van der Waals surface area (Å²) in [5, 5.41) is 8.38. The molecule has 0 rings (SSSR count). The van der Waals surface area contributed by atoms with E-state index in [1.807, 2.05) is 41.5 Å². The molecule has 0 saturated heterocycles. The Labute approximate surface area is 111 Å². The maximum absolute atomic E-state index is 10.5. The standard InChI is InChI=1S/C13H25O4P/c1-10(2)16-18(17-11(3)4)13(5,6)9-7-8-12(14)15/h7-8,10-11H,9H2,1-6H3,(H,14,15)/b8-7+. The number of aliphatic carboxylic acids is 1. The minimum absolute atomic E-state index is 0.0950. The molecule has 0 aromatic rings. The molecule has 0 saturated carbocycles. The number of carboxylic acid groups (broad SMARTS) is 1. The SMILES string of the molecule is CC(C)OP(OC(C)C)C(C)(C)C/C=C/C(=O)O. The second-order valence-corrected chi connectivity index (χ2v) is 7.47. The van der Waals surface area contributed by atoms with E-state index in [1.165, 1.54) is 6.08 Å². The zero-order valence-electron chi connectivity index (χ0n) is 12.1. The van der Waals surface area contributed by atoms with Crippen molar-refractivity contribution in [2.75, 3.05) is 0 Å². The van der Waals surface area contributed by atoms with Crippen LogP contribution < -0.4 is 0 Å². The highest BCUT2D eigenvalue weighted by molar-refractivity contribution is 7.49. The van der Waals surface area contributed by atoms with Gasteiger partial charge in [-0.2, -0.15) is 0 Å². The van der Waals surface area contributed by atoms with E-state index in [-0.39, 0.29) is 17.4 Å². The van der Waals surface area contributed by atoms with Crippen molar-refractivity contribution in [3.8, 4) is 0 Å². The molecule has 0 atom stereocenters. The fourth-order valence-electron chi connectivity index (χ4n) is 1.22. The zero-order chi connectivity index (χ0) is 14.3. The van der Waals surface area contributed by atoms with Gasteiger partial charge in [-0.05, 0) is 34.1 Å². The van der Waals surface area contributed by atoms with Gasteiger partial charge in [0.15, 0.2) is 8.38 Å². The summed E-state index contributed by atoms with van der Waals surface area (Å²) in [6.45, 7) is 12.0. The van der Waals surface area contributed by atoms with Crippen LogP contribution in [0.25, 0.3) is 0 Å². The Morgan fingerprint density at radius 3 is 2.00 bits per heavy atom. The number of hydrogen-bond acceptors (Lipinski definition) is 3. The summed E-state index contributed by atoms with van der Waals surface area (Å²) in [5.41, 5.74) is 0. The van der Waals surface area contributed by atoms with E-state index in [2.05, 4.69) is 0 Å². The van der Waals surface area contributed by atoms with Gasteiger partial charge in [0.25, 0.3) is 0 Å². The highest BCUT2D eigenvalue weighted by Crippen LogP contribution is 2.55. The van der Waals surface area contributed by atoms with Gasteiger partial charge in [0.05, 0.1) is 12.2 Å². The zero-order valence-corrected chi connectivity index (χ0v) is 13.0. The maximum Gasteiger partial charge on any atom is 0.327 e. The summed E-state index contributed by atoms with van der Waals surface area (Å²) in [6, 6.07) is 0. The molecule has 5 heteroatoms. The van der Waals surface area contributed by atoms with Crippen molar-refractivity contribution >= 4 is 14.3 Å². The topological polar surface area (TPSA) is 55.8 Å².